The predicted octanol–water partition coefficient (Wildman–Crippen LogP) is 5.51. The van der Waals surface area contributed by atoms with Crippen LogP contribution >= 0.6 is 35.4 Å². The Morgan fingerprint density at radius 2 is 1.78 bits per heavy atom. The van der Waals surface area contributed by atoms with Gasteiger partial charge in [-0.3, -0.25) is 9.59 Å². The Kier molecular flexibility index (Phi) is 8.49. The van der Waals surface area contributed by atoms with Crippen molar-refractivity contribution in [2.45, 2.75) is 12.8 Å². The maximum Gasteiger partial charge on any atom is 0.291 e. The predicted molar refractivity (Wildman–Crippen MR) is 129 cm³/mol. The normalized spacial score (nSPS) is 10.3. The fourth-order valence-electron chi connectivity index (χ4n) is 2.63. The zero-order valence-corrected chi connectivity index (χ0v) is 19.0. The van der Waals surface area contributed by atoms with Crippen LogP contribution in [0.2, 0.25) is 10.0 Å². The number of ether oxygens (including phenoxy) is 1. The first kappa shape index (κ1) is 23.6. The standard InChI is InChI=1S/C22H19Cl2N3O4S/c23-14-8-9-18(17(24)12-14)30-11-3-7-20(28)27-22(32)26-16-5-1-4-15(13-16)25-21(29)19-6-2-10-31-19/h1-2,4-6,8-10,12-13H,3,7,11H2,(H,25,29)(H2,26,27,28,32). The number of thiocarbonyl (C=S) groups is 1. The summed E-state index contributed by atoms with van der Waals surface area (Å²) in [5, 5.41) is 9.32. The summed E-state index contributed by atoms with van der Waals surface area (Å²) in [5.41, 5.74) is 1.15. The van der Waals surface area contributed by atoms with Crippen LogP contribution in [0.4, 0.5) is 11.4 Å². The van der Waals surface area contributed by atoms with Gasteiger partial charge >= 0.3 is 0 Å². The molecule has 0 unspecified atom stereocenters. The number of hydrogen-bond donors (Lipinski definition) is 3. The Hall–Kier alpha value is -3.07. The number of halogens is 2. The number of furan rings is 1. The van der Waals surface area contributed by atoms with Gasteiger partial charge in [-0.25, -0.2) is 0 Å². The first-order valence-corrected chi connectivity index (χ1v) is 10.7. The van der Waals surface area contributed by atoms with Gasteiger partial charge < -0.3 is 25.1 Å². The maximum absolute atomic E-state index is 12.1. The molecule has 0 spiro atoms. The molecule has 3 N–H and O–H groups in total. The summed E-state index contributed by atoms with van der Waals surface area (Å²) in [7, 11) is 0. The van der Waals surface area contributed by atoms with E-state index in [-0.39, 0.29) is 29.1 Å². The van der Waals surface area contributed by atoms with Crippen molar-refractivity contribution in [2.75, 3.05) is 17.2 Å². The molecule has 0 fully saturated rings. The summed E-state index contributed by atoms with van der Waals surface area (Å²) in [6.45, 7) is 0.312. The van der Waals surface area contributed by atoms with Crippen LogP contribution in [-0.4, -0.2) is 23.5 Å². The highest BCUT2D eigenvalue weighted by Gasteiger charge is 2.10. The van der Waals surface area contributed by atoms with E-state index in [9.17, 15) is 9.59 Å². The summed E-state index contributed by atoms with van der Waals surface area (Å²) in [5.74, 6) is 0.0851. The molecule has 166 valence electrons. The number of hydrogen-bond acceptors (Lipinski definition) is 5. The number of anilines is 2. The molecule has 32 heavy (non-hydrogen) atoms. The van der Waals surface area contributed by atoms with Crippen LogP contribution in [0.3, 0.4) is 0 Å². The van der Waals surface area contributed by atoms with Crippen molar-refractivity contribution in [3.05, 3.63) is 76.7 Å². The first-order valence-electron chi connectivity index (χ1n) is 9.54. The quantitative estimate of drug-likeness (QED) is 0.284. The first-order chi connectivity index (χ1) is 15.4. The Labute approximate surface area is 200 Å². The molecule has 0 saturated carbocycles. The fourth-order valence-corrected chi connectivity index (χ4v) is 3.33. The number of nitrogens with one attached hydrogen (secondary N) is 3. The lowest BCUT2D eigenvalue weighted by atomic mass is 10.2. The van der Waals surface area contributed by atoms with Crippen LogP contribution in [0, 0.1) is 0 Å². The number of amides is 2. The van der Waals surface area contributed by atoms with Gasteiger partial charge in [-0.2, -0.15) is 0 Å². The summed E-state index contributed by atoms with van der Waals surface area (Å²) in [6, 6.07) is 15.0. The Bertz CT molecular complexity index is 1110. The van der Waals surface area contributed by atoms with Crippen molar-refractivity contribution >= 4 is 63.7 Å². The van der Waals surface area contributed by atoms with Gasteiger partial charge in [-0.15, -0.1) is 0 Å². The van der Waals surface area contributed by atoms with Gasteiger partial charge in [0.15, 0.2) is 10.9 Å². The fraction of sp³-hybridized carbons (Fsp3) is 0.136. The van der Waals surface area contributed by atoms with E-state index in [0.29, 0.717) is 40.2 Å². The van der Waals surface area contributed by atoms with E-state index in [1.165, 1.54) is 6.26 Å². The van der Waals surface area contributed by atoms with Gasteiger partial charge in [-0.1, -0.05) is 29.3 Å². The lowest BCUT2D eigenvalue weighted by Crippen LogP contribution is -2.34. The second-order valence-electron chi connectivity index (χ2n) is 6.54. The number of benzene rings is 2. The summed E-state index contributed by atoms with van der Waals surface area (Å²) >= 11 is 17.1. The molecule has 0 aliphatic carbocycles. The number of rotatable bonds is 8. The third-order valence-electron chi connectivity index (χ3n) is 4.08. The number of carbonyl (C=O) groups excluding carboxylic acids is 2. The van der Waals surface area contributed by atoms with Crippen LogP contribution in [0.15, 0.2) is 65.3 Å². The largest absolute Gasteiger partial charge is 0.492 e. The SMILES string of the molecule is O=C(CCCOc1ccc(Cl)cc1Cl)NC(=S)Nc1cccc(NC(=O)c2ccco2)c1. The molecule has 10 heteroatoms. The van der Waals surface area contributed by atoms with Crippen LogP contribution in [0.5, 0.6) is 5.75 Å². The molecule has 1 aromatic heterocycles. The summed E-state index contributed by atoms with van der Waals surface area (Å²) in [4.78, 5) is 24.2. The van der Waals surface area contributed by atoms with Gasteiger partial charge in [0.05, 0.1) is 17.9 Å². The van der Waals surface area contributed by atoms with Crippen LogP contribution in [-0.2, 0) is 4.79 Å². The van der Waals surface area contributed by atoms with Gasteiger partial charge in [0.25, 0.3) is 5.91 Å². The van der Waals surface area contributed by atoms with Crippen molar-refractivity contribution in [3.63, 3.8) is 0 Å². The molecular formula is C22H19Cl2N3O4S. The van der Waals surface area contributed by atoms with E-state index >= 15 is 0 Å². The molecule has 0 radical (unpaired) electrons. The summed E-state index contributed by atoms with van der Waals surface area (Å²) < 4.78 is 10.6. The van der Waals surface area contributed by atoms with Crippen molar-refractivity contribution in [1.82, 2.24) is 5.32 Å². The molecule has 0 aliphatic rings. The Morgan fingerprint density at radius 3 is 2.50 bits per heavy atom. The lowest BCUT2D eigenvalue weighted by Gasteiger charge is -2.11. The monoisotopic (exact) mass is 491 g/mol. The molecule has 1 heterocycles. The second-order valence-corrected chi connectivity index (χ2v) is 7.79. The molecule has 7 nitrogen and oxygen atoms in total. The lowest BCUT2D eigenvalue weighted by molar-refractivity contribution is -0.119. The average Bonchev–Trinajstić information content (AvgIpc) is 3.28. The topological polar surface area (TPSA) is 92.6 Å². The molecule has 0 bridgehead atoms. The van der Waals surface area contributed by atoms with E-state index in [0.717, 1.165) is 0 Å². The van der Waals surface area contributed by atoms with E-state index < -0.39 is 0 Å². The average molecular weight is 492 g/mol. The van der Waals surface area contributed by atoms with Crippen molar-refractivity contribution < 1.29 is 18.7 Å². The van der Waals surface area contributed by atoms with Crippen molar-refractivity contribution in [1.29, 1.82) is 0 Å². The highest BCUT2D eigenvalue weighted by molar-refractivity contribution is 7.80. The third kappa shape index (κ3) is 7.26. The molecule has 0 aliphatic heterocycles. The van der Waals surface area contributed by atoms with E-state index in [2.05, 4.69) is 16.0 Å². The van der Waals surface area contributed by atoms with Gasteiger partial charge in [0, 0.05) is 22.8 Å². The van der Waals surface area contributed by atoms with Crippen molar-refractivity contribution in [3.8, 4) is 5.75 Å². The van der Waals surface area contributed by atoms with Crippen molar-refractivity contribution in [2.24, 2.45) is 0 Å². The Balaban J connectivity index is 1.41. The molecule has 2 aromatic carbocycles. The van der Waals surface area contributed by atoms with E-state index in [1.54, 1.807) is 54.6 Å². The smallest absolute Gasteiger partial charge is 0.291 e. The molecule has 3 aromatic rings. The van der Waals surface area contributed by atoms with Gasteiger partial charge in [-0.05, 0) is 67.2 Å². The number of carbonyl (C=O) groups is 2. The summed E-state index contributed by atoms with van der Waals surface area (Å²) in [6.07, 6.45) is 2.11. The molecule has 3 rings (SSSR count). The minimum Gasteiger partial charge on any atom is -0.492 e. The zero-order valence-electron chi connectivity index (χ0n) is 16.7. The van der Waals surface area contributed by atoms with Gasteiger partial charge in [0.1, 0.15) is 5.75 Å². The van der Waals surface area contributed by atoms with Crippen LogP contribution < -0.4 is 20.7 Å². The van der Waals surface area contributed by atoms with Gasteiger partial charge in [0.2, 0.25) is 5.91 Å². The molecule has 0 atom stereocenters. The minimum atomic E-state index is -0.370. The minimum absolute atomic E-state index is 0.145. The van der Waals surface area contributed by atoms with Crippen LogP contribution in [0.1, 0.15) is 23.4 Å². The van der Waals surface area contributed by atoms with Crippen LogP contribution in [0.25, 0.3) is 0 Å². The molecule has 2 amide bonds. The highest BCUT2D eigenvalue weighted by atomic mass is 35.5. The second kappa shape index (κ2) is 11.5. The van der Waals surface area contributed by atoms with E-state index in [4.69, 9.17) is 44.6 Å². The maximum atomic E-state index is 12.1. The third-order valence-corrected chi connectivity index (χ3v) is 4.81. The zero-order chi connectivity index (χ0) is 22.9. The highest BCUT2D eigenvalue weighted by Crippen LogP contribution is 2.27. The Morgan fingerprint density at radius 1 is 1.00 bits per heavy atom. The molecule has 0 saturated heterocycles. The molecular weight excluding hydrogens is 473 g/mol. The van der Waals surface area contributed by atoms with E-state index in [1.807, 2.05) is 0 Å².